The van der Waals surface area contributed by atoms with E-state index in [1.165, 1.54) is 18.3 Å². The molecule has 0 aliphatic heterocycles. The second kappa shape index (κ2) is 10.8. The molecule has 0 aliphatic rings. The van der Waals surface area contributed by atoms with Crippen LogP contribution in [0.25, 0.3) is 0 Å². The molecule has 14 heteroatoms. The highest BCUT2D eigenvalue weighted by Crippen LogP contribution is 2.46. The van der Waals surface area contributed by atoms with Gasteiger partial charge in [0.05, 0.1) is 26.1 Å². The predicted molar refractivity (Wildman–Crippen MR) is 125 cm³/mol. The second-order valence-electron chi connectivity index (χ2n) is 6.76. The minimum absolute atomic E-state index is 0.124. The second-order valence-corrected chi connectivity index (χ2v) is 8.53. The van der Waals surface area contributed by atoms with E-state index in [9.17, 15) is 33.4 Å². The van der Waals surface area contributed by atoms with E-state index < -0.39 is 38.7 Å². The van der Waals surface area contributed by atoms with Crippen molar-refractivity contribution in [2.75, 3.05) is 0 Å². The minimum Gasteiger partial charge on any atom is -0.442 e. The van der Waals surface area contributed by atoms with Crippen molar-refractivity contribution in [1.29, 1.82) is 0 Å². The van der Waals surface area contributed by atoms with Crippen LogP contribution in [0.5, 0.6) is 11.5 Å². The van der Waals surface area contributed by atoms with Gasteiger partial charge in [0.25, 0.3) is 5.75 Å². The van der Waals surface area contributed by atoms with Crippen LogP contribution in [-0.4, -0.2) is 16.1 Å². The number of rotatable bonds is 8. The lowest BCUT2D eigenvalue weighted by Gasteiger charge is -2.13. The summed E-state index contributed by atoms with van der Waals surface area (Å²) in [5.41, 5.74) is -3.04. The van der Waals surface area contributed by atoms with Gasteiger partial charge in [-0.2, -0.15) is 13.2 Å². The Hall–Kier alpha value is -3.52. The van der Waals surface area contributed by atoms with Gasteiger partial charge in [-0.25, -0.2) is 0 Å². The number of halogens is 5. The highest BCUT2D eigenvalue weighted by molar-refractivity contribution is 9.11. The van der Waals surface area contributed by atoms with Crippen LogP contribution in [0.4, 0.5) is 24.5 Å². The van der Waals surface area contributed by atoms with E-state index in [0.717, 1.165) is 5.56 Å². The normalized spacial score (nSPS) is 11.5. The molecule has 0 spiro atoms. The number of nitrogens with zero attached hydrogens (tertiary/aromatic N) is 3. The van der Waals surface area contributed by atoms with Gasteiger partial charge in [-0.15, -0.1) is 0 Å². The Kier molecular flexibility index (Phi) is 8.07. The Morgan fingerprint density at radius 3 is 2.09 bits per heavy atom. The first kappa shape index (κ1) is 26.1. The molecule has 0 N–H and O–H groups in total. The highest BCUT2D eigenvalue weighted by atomic mass is 79.9. The lowest BCUT2D eigenvalue weighted by atomic mass is 10.1. The van der Waals surface area contributed by atoms with Gasteiger partial charge >= 0.3 is 17.6 Å². The van der Waals surface area contributed by atoms with E-state index >= 15 is 0 Å². The molecule has 9 nitrogen and oxygen atoms in total. The third kappa shape index (κ3) is 6.54. The van der Waals surface area contributed by atoms with Crippen LogP contribution in [0.1, 0.15) is 16.7 Å². The van der Waals surface area contributed by atoms with Gasteiger partial charge in [-0.3, -0.25) is 20.2 Å². The predicted octanol–water partition coefficient (Wildman–Crippen LogP) is 7.39. The molecule has 0 bridgehead atoms. The zero-order valence-corrected chi connectivity index (χ0v) is 20.3. The molecule has 0 saturated heterocycles. The van der Waals surface area contributed by atoms with Crippen molar-refractivity contribution in [2.45, 2.75) is 12.8 Å². The summed E-state index contributed by atoms with van der Waals surface area (Å²) in [5.74, 6) is -1.15. The number of nitro groups is 2. The molecule has 0 unspecified atom stereocenters. The first-order chi connectivity index (χ1) is 16.5. The van der Waals surface area contributed by atoms with Crippen molar-refractivity contribution < 1.29 is 32.6 Å². The summed E-state index contributed by atoms with van der Waals surface area (Å²) in [4.78, 5) is 25.9. The summed E-state index contributed by atoms with van der Waals surface area (Å²) < 4.78 is 45.7. The number of hydrogen-bond acceptors (Lipinski definition) is 7. The fraction of sp³-hybridized carbons (Fsp3) is 0.0952. The standard InChI is InChI=1S/C21H12Br2F3N3O6/c22-15-6-13(10-27-34-11-12-4-2-1-3-5-12)19(16(23)9-15)35-20-17(28(30)31)7-14(21(24,25)26)8-18(20)29(32)33/h1-10H,11H2/b27-10-. The van der Waals surface area contributed by atoms with E-state index in [-0.39, 0.29) is 34.5 Å². The van der Waals surface area contributed by atoms with Crippen LogP contribution in [-0.2, 0) is 17.6 Å². The van der Waals surface area contributed by atoms with Crippen molar-refractivity contribution in [3.05, 3.63) is 100 Å². The number of hydrogen-bond donors (Lipinski definition) is 0. The average molecular weight is 619 g/mol. The van der Waals surface area contributed by atoms with E-state index in [1.54, 1.807) is 0 Å². The molecule has 0 fully saturated rings. The fourth-order valence-electron chi connectivity index (χ4n) is 2.80. The molecular weight excluding hydrogens is 607 g/mol. The zero-order valence-electron chi connectivity index (χ0n) is 17.2. The number of benzene rings is 3. The molecule has 3 aromatic rings. The highest BCUT2D eigenvalue weighted by Gasteiger charge is 2.39. The Morgan fingerprint density at radius 2 is 1.54 bits per heavy atom. The summed E-state index contributed by atoms with van der Waals surface area (Å²) in [7, 11) is 0. The molecule has 3 aromatic carbocycles. The Bertz CT molecular complexity index is 1270. The van der Waals surface area contributed by atoms with Crippen molar-refractivity contribution in [2.24, 2.45) is 5.16 Å². The van der Waals surface area contributed by atoms with Crippen LogP contribution >= 0.6 is 31.9 Å². The van der Waals surface area contributed by atoms with Gasteiger partial charge in [0.2, 0.25) is 0 Å². The molecule has 0 radical (unpaired) electrons. The molecule has 0 aliphatic carbocycles. The lowest BCUT2D eigenvalue weighted by Crippen LogP contribution is -2.08. The van der Waals surface area contributed by atoms with Crippen molar-refractivity contribution in [1.82, 2.24) is 0 Å². The zero-order chi connectivity index (χ0) is 25.8. The van der Waals surface area contributed by atoms with E-state index in [2.05, 4.69) is 37.0 Å². The van der Waals surface area contributed by atoms with Crippen LogP contribution in [0.2, 0.25) is 0 Å². The first-order valence-corrected chi connectivity index (χ1v) is 11.0. The van der Waals surface area contributed by atoms with E-state index in [4.69, 9.17) is 9.57 Å². The third-order valence-corrected chi connectivity index (χ3v) is 5.40. The number of ether oxygens (including phenoxy) is 1. The fourth-order valence-corrected chi connectivity index (χ4v) is 4.14. The van der Waals surface area contributed by atoms with Crippen LogP contribution in [0, 0.1) is 20.2 Å². The van der Waals surface area contributed by atoms with Crippen LogP contribution < -0.4 is 4.74 Å². The molecule has 0 aromatic heterocycles. The number of alkyl halides is 3. The van der Waals surface area contributed by atoms with Gasteiger partial charge in [-0.1, -0.05) is 51.4 Å². The third-order valence-electron chi connectivity index (χ3n) is 4.35. The summed E-state index contributed by atoms with van der Waals surface area (Å²) in [6, 6.07) is 12.3. The minimum atomic E-state index is -5.06. The molecule has 182 valence electrons. The molecule has 0 atom stereocenters. The smallest absolute Gasteiger partial charge is 0.416 e. The molecule has 0 saturated carbocycles. The van der Waals surface area contributed by atoms with Crippen molar-refractivity contribution in [3.8, 4) is 11.5 Å². The summed E-state index contributed by atoms with van der Waals surface area (Å²) >= 11 is 6.45. The lowest BCUT2D eigenvalue weighted by molar-refractivity contribution is -0.396. The van der Waals surface area contributed by atoms with Crippen LogP contribution in [0.3, 0.4) is 0 Å². The average Bonchev–Trinajstić information content (AvgIpc) is 2.78. The van der Waals surface area contributed by atoms with E-state index in [0.29, 0.717) is 4.47 Å². The largest absolute Gasteiger partial charge is 0.442 e. The Balaban J connectivity index is 2.04. The molecular formula is C21H12Br2F3N3O6. The monoisotopic (exact) mass is 617 g/mol. The first-order valence-electron chi connectivity index (χ1n) is 9.37. The SMILES string of the molecule is O=[N+]([O-])c1cc(C(F)(F)F)cc([N+](=O)[O-])c1Oc1c(Br)cc(Br)cc1/C=N\OCc1ccccc1. The quantitative estimate of drug-likeness (QED) is 0.148. The van der Waals surface area contributed by atoms with Crippen molar-refractivity contribution >= 4 is 49.4 Å². The Labute approximate surface area is 211 Å². The van der Waals surface area contributed by atoms with Gasteiger partial charge in [0.15, 0.2) is 5.75 Å². The topological polar surface area (TPSA) is 117 Å². The van der Waals surface area contributed by atoms with Gasteiger partial charge in [0, 0.05) is 22.2 Å². The maximum absolute atomic E-state index is 13.2. The van der Waals surface area contributed by atoms with Gasteiger partial charge in [-0.05, 0) is 33.6 Å². The van der Waals surface area contributed by atoms with Crippen LogP contribution in [0.15, 0.2) is 68.7 Å². The maximum Gasteiger partial charge on any atom is 0.416 e. The van der Waals surface area contributed by atoms with E-state index in [1.807, 2.05) is 30.3 Å². The molecule has 3 rings (SSSR count). The summed E-state index contributed by atoms with van der Waals surface area (Å²) in [6.07, 6.45) is -3.87. The molecule has 35 heavy (non-hydrogen) atoms. The van der Waals surface area contributed by atoms with Gasteiger partial charge in [0.1, 0.15) is 6.61 Å². The summed E-state index contributed by atoms with van der Waals surface area (Å²) in [5, 5.41) is 26.8. The van der Waals surface area contributed by atoms with Crippen molar-refractivity contribution in [3.63, 3.8) is 0 Å². The van der Waals surface area contributed by atoms with Gasteiger partial charge < -0.3 is 9.57 Å². The maximum atomic E-state index is 13.2. The Morgan fingerprint density at radius 1 is 0.943 bits per heavy atom. The molecule has 0 heterocycles. The number of nitro benzene ring substituents is 2. The number of oxime groups is 1. The summed E-state index contributed by atoms with van der Waals surface area (Å²) in [6.45, 7) is 0.124. The molecule has 0 amide bonds.